The van der Waals surface area contributed by atoms with E-state index >= 15 is 0 Å². The summed E-state index contributed by atoms with van der Waals surface area (Å²) in [5.74, 6) is 5.28. The van der Waals surface area contributed by atoms with Crippen LogP contribution in [0.5, 0.6) is 0 Å². The molecule has 0 N–H and O–H groups in total. The second-order valence-corrected chi connectivity index (χ2v) is 6.73. The second kappa shape index (κ2) is 9.65. The van der Waals surface area contributed by atoms with Crippen LogP contribution >= 0.6 is 0 Å². The van der Waals surface area contributed by atoms with E-state index in [0.29, 0.717) is 26.3 Å². The number of carbonyl (C=O) groups excluding carboxylic acids is 2. The van der Waals surface area contributed by atoms with E-state index in [2.05, 4.69) is 11.8 Å². The van der Waals surface area contributed by atoms with E-state index in [9.17, 15) is 9.59 Å². The lowest BCUT2D eigenvalue weighted by Crippen LogP contribution is -2.54. The number of esters is 1. The van der Waals surface area contributed by atoms with E-state index in [-0.39, 0.29) is 29.9 Å². The van der Waals surface area contributed by atoms with E-state index in [1.54, 1.807) is 4.90 Å². The van der Waals surface area contributed by atoms with E-state index in [1.165, 1.54) is 0 Å². The quantitative estimate of drug-likeness (QED) is 0.379. The van der Waals surface area contributed by atoms with Crippen molar-refractivity contribution in [3.05, 3.63) is 0 Å². The highest BCUT2D eigenvalue weighted by molar-refractivity contribution is 5.94. The van der Waals surface area contributed by atoms with Crippen LogP contribution in [0.15, 0.2) is 0 Å². The maximum Gasteiger partial charge on any atom is 0.308 e. The minimum atomic E-state index is -0.339. The first-order valence-electron chi connectivity index (χ1n) is 8.53. The van der Waals surface area contributed by atoms with Crippen molar-refractivity contribution in [1.82, 2.24) is 9.80 Å². The first-order chi connectivity index (χ1) is 11.3. The van der Waals surface area contributed by atoms with Crippen LogP contribution in [0.4, 0.5) is 0 Å². The Labute approximate surface area is 145 Å². The van der Waals surface area contributed by atoms with E-state index in [4.69, 9.17) is 9.47 Å². The van der Waals surface area contributed by atoms with Gasteiger partial charge in [0.1, 0.15) is 0 Å². The zero-order valence-electron chi connectivity index (χ0n) is 15.6. The Morgan fingerprint density at radius 3 is 2.50 bits per heavy atom. The molecule has 1 aliphatic rings. The Balaban J connectivity index is 2.19. The third kappa shape index (κ3) is 6.90. The lowest BCUT2D eigenvalue weighted by Gasteiger charge is -2.37. The van der Waals surface area contributed by atoms with Gasteiger partial charge in [0, 0.05) is 13.1 Å². The van der Waals surface area contributed by atoms with Gasteiger partial charge < -0.3 is 14.4 Å². The van der Waals surface area contributed by atoms with Crippen molar-refractivity contribution >= 4 is 11.9 Å². The van der Waals surface area contributed by atoms with E-state index < -0.39 is 0 Å². The normalized spacial score (nSPS) is 14.8. The highest BCUT2D eigenvalue weighted by Crippen LogP contribution is 2.13. The molecule has 0 aliphatic carbocycles. The molecule has 1 rings (SSSR count). The molecule has 0 unspecified atom stereocenters. The van der Waals surface area contributed by atoms with Gasteiger partial charge in [0.25, 0.3) is 5.91 Å². The largest absolute Gasteiger partial charge is 0.466 e. The Kier molecular flexibility index (Phi) is 8.23. The summed E-state index contributed by atoms with van der Waals surface area (Å²) in [7, 11) is 3.86. The van der Waals surface area contributed by atoms with Gasteiger partial charge in [-0.2, -0.15) is 0 Å². The Morgan fingerprint density at radius 1 is 1.25 bits per heavy atom. The minimum Gasteiger partial charge on any atom is -0.466 e. The van der Waals surface area contributed by atoms with Crippen LogP contribution < -0.4 is 0 Å². The molecule has 1 aliphatic heterocycles. The number of carbonyl (C=O) groups is 2. The third-order valence-corrected chi connectivity index (χ3v) is 4.15. The van der Waals surface area contributed by atoms with Crippen LogP contribution in [0, 0.1) is 11.8 Å². The van der Waals surface area contributed by atoms with Gasteiger partial charge in [0.2, 0.25) is 0 Å². The average molecular weight is 338 g/mol. The molecular weight excluding hydrogens is 308 g/mol. The number of ether oxygens (including phenoxy) is 2. The summed E-state index contributed by atoms with van der Waals surface area (Å²) in [5, 5.41) is 0. The van der Waals surface area contributed by atoms with Gasteiger partial charge in [-0.25, -0.2) is 0 Å². The van der Waals surface area contributed by atoms with Gasteiger partial charge in [-0.15, -0.1) is 0 Å². The smallest absolute Gasteiger partial charge is 0.308 e. The molecule has 0 spiro atoms. The first kappa shape index (κ1) is 20.5. The summed E-state index contributed by atoms with van der Waals surface area (Å²) in [5.41, 5.74) is -0.339. The van der Waals surface area contributed by atoms with Gasteiger partial charge in [0.05, 0.1) is 31.3 Å². The fraction of sp³-hybridized carbons (Fsp3) is 0.778. The monoisotopic (exact) mass is 338 g/mol. The van der Waals surface area contributed by atoms with E-state index in [1.807, 2.05) is 39.8 Å². The summed E-state index contributed by atoms with van der Waals surface area (Å²) < 4.78 is 10.6. The van der Waals surface area contributed by atoms with Gasteiger partial charge in [0.15, 0.2) is 0 Å². The van der Waals surface area contributed by atoms with Crippen LogP contribution in [0.2, 0.25) is 0 Å². The molecule has 0 atom stereocenters. The first-order valence-corrected chi connectivity index (χ1v) is 8.53. The van der Waals surface area contributed by atoms with Gasteiger partial charge in [-0.3, -0.25) is 14.5 Å². The lowest BCUT2D eigenvalue weighted by atomic mass is 10.1. The third-order valence-electron chi connectivity index (χ3n) is 4.15. The molecule has 0 bridgehead atoms. The molecule has 1 amide bonds. The molecule has 0 aromatic carbocycles. The Hall–Kier alpha value is -1.58. The van der Waals surface area contributed by atoms with Crippen molar-refractivity contribution in [2.24, 2.45) is 0 Å². The SMILES string of the molecule is CCCCOC(=O)CCOC1CN(C(=O)C#CC(C)(C)N(C)C)C1. The summed E-state index contributed by atoms with van der Waals surface area (Å²) in [6, 6.07) is 0. The van der Waals surface area contributed by atoms with Crippen molar-refractivity contribution in [3.63, 3.8) is 0 Å². The molecule has 0 radical (unpaired) electrons. The van der Waals surface area contributed by atoms with Crippen LogP contribution in [0.3, 0.4) is 0 Å². The summed E-state index contributed by atoms with van der Waals surface area (Å²) in [6.07, 6.45) is 2.13. The highest BCUT2D eigenvalue weighted by atomic mass is 16.5. The predicted molar refractivity (Wildman–Crippen MR) is 92.3 cm³/mol. The number of likely N-dealkylation sites (tertiary alicyclic amines) is 1. The van der Waals surface area contributed by atoms with Gasteiger partial charge in [-0.05, 0) is 40.3 Å². The molecular formula is C18H30N2O4. The van der Waals surface area contributed by atoms with Crippen molar-refractivity contribution in [1.29, 1.82) is 0 Å². The molecule has 136 valence electrons. The van der Waals surface area contributed by atoms with Crippen molar-refractivity contribution in [2.45, 2.75) is 51.7 Å². The molecule has 1 saturated heterocycles. The van der Waals surface area contributed by atoms with Crippen LogP contribution in [0.1, 0.15) is 40.0 Å². The molecule has 0 saturated carbocycles. The fourth-order valence-electron chi connectivity index (χ4n) is 1.82. The standard InChI is InChI=1S/C18H30N2O4/c1-6-7-11-24-17(22)9-12-23-15-13-20(14-15)16(21)8-10-18(2,3)19(4)5/h15H,6-7,9,11-14H2,1-5H3. The van der Waals surface area contributed by atoms with Crippen LogP contribution in [0.25, 0.3) is 0 Å². The van der Waals surface area contributed by atoms with Crippen LogP contribution in [-0.2, 0) is 19.1 Å². The zero-order chi connectivity index (χ0) is 18.2. The van der Waals surface area contributed by atoms with Crippen molar-refractivity contribution < 1.29 is 19.1 Å². The number of hydrogen-bond donors (Lipinski definition) is 0. The fourth-order valence-corrected chi connectivity index (χ4v) is 1.82. The number of unbranched alkanes of at least 4 members (excludes halogenated alkanes) is 1. The highest BCUT2D eigenvalue weighted by Gasteiger charge is 2.31. The maximum absolute atomic E-state index is 12.0. The zero-order valence-corrected chi connectivity index (χ0v) is 15.6. The topological polar surface area (TPSA) is 59.1 Å². The summed E-state index contributed by atoms with van der Waals surface area (Å²) in [6.45, 7) is 7.85. The number of nitrogens with zero attached hydrogens (tertiary/aromatic N) is 2. The van der Waals surface area contributed by atoms with Crippen molar-refractivity contribution in [3.8, 4) is 11.8 Å². The average Bonchev–Trinajstić information content (AvgIpc) is 2.47. The number of rotatable bonds is 8. The molecule has 1 heterocycles. The molecule has 0 aromatic heterocycles. The Bertz CT molecular complexity index is 485. The Morgan fingerprint density at radius 2 is 1.92 bits per heavy atom. The maximum atomic E-state index is 12.0. The van der Waals surface area contributed by atoms with Crippen molar-refractivity contribution in [2.75, 3.05) is 40.4 Å². The molecule has 6 nitrogen and oxygen atoms in total. The van der Waals surface area contributed by atoms with E-state index in [0.717, 1.165) is 12.8 Å². The second-order valence-electron chi connectivity index (χ2n) is 6.73. The van der Waals surface area contributed by atoms with Crippen LogP contribution in [-0.4, -0.2) is 73.7 Å². The molecule has 0 aromatic rings. The predicted octanol–water partition coefficient (Wildman–Crippen LogP) is 1.29. The molecule has 6 heteroatoms. The number of amides is 1. The lowest BCUT2D eigenvalue weighted by molar-refractivity contribution is -0.149. The van der Waals surface area contributed by atoms with Gasteiger partial charge in [-0.1, -0.05) is 19.3 Å². The molecule has 24 heavy (non-hydrogen) atoms. The van der Waals surface area contributed by atoms with Gasteiger partial charge >= 0.3 is 5.97 Å². The summed E-state index contributed by atoms with van der Waals surface area (Å²) in [4.78, 5) is 27.0. The minimum absolute atomic E-state index is 0.0129. The summed E-state index contributed by atoms with van der Waals surface area (Å²) >= 11 is 0. The number of hydrogen-bond acceptors (Lipinski definition) is 5. The molecule has 1 fully saturated rings.